The van der Waals surface area contributed by atoms with Crippen LogP contribution in [0.4, 0.5) is 0 Å². The van der Waals surface area contributed by atoms with Gasteiger partial charge in [0.25, 0.3) is 0 Å². The van der Waals surface area contributed by atoms with Gasteiger partial charge in [-0.15, -0.1) is 11.3 Å². The average Bonchev–Trinajstić information content (AvgIpc) is 2.56. The molecular formula is C13H19BrOS. The molecule has 0 aromatic carbocycles. The van der Waals surface area contributed by atoms with Crippen LogP contribution >= 0.6 is 27.3 Å². The maximum Gasteiger partial charge on any atom is 0.0999 e. The molecule has 2 rings (SSSR count). The Morgan fingerprint density at radius 1 is 1.25 bits per heavy atom. The van der Waals surface area contributed by atoms with E-state index in [2.05, 4.69) is 29.8 Å². The van der Waals surface area contributed by atoms with E-state index in [1.165, 1.54) is 6.42 Å². The third-order valence-corrected chi connectivity index (χ3v) is 5.73. The van der Waals surface area contributed by atoms with E-state index in [1.54, 1.807) is 11.3 Å². The van der Waals surface area contributed by atoms with Gasteiger partial charge in [-0.05, 0) is 64.9 Å². The highest BCUT2D eigenvalue weighted by Gasteiger charge is 2.37. The molecule has 1 N–H and O–H groups in total. The van der Waals surface area contributed by atoms with Crippen molar-refractivity contribution in [3.8, 4) is 0 Å². The Morgan fingerprint density at radius 3 is 2.62 bits per heavy atom. The van der Waals surface area contributed by atoms with Gasteiger partial charge in [0.05, 0.1) is 10.5 Å². The summed E-state index contributed by atoms with van der Waals surface area (Å²) >= 11 is 5.21. The molecule has 1 aliphatic rings. The van der Waals surface area contributed by atoms with Gasteiger partial charge in [-0.1, -0.05) is 13.8 Å². The number of aliphatic hydroxyl groups is 1. The molecule has 1 heterocycles. The SMILES string of the molecule is CC1(C)CCCC(O)(c2sccc2Br)CC1. The number of halogens is 1. The lowest BCUT2D eigenvalue weighted by Crippen LogP contribution is -2.24. The molecule has 1 fully saturated rings. The number of hydrogen-bond donors (Lipinski definition) is 1. The Balaban J connectivity index is 2.23. The van der Waals surface area contributed by atoms with Gasteiger partial charge in [-0.3, -0.25) is 0 Å². The largest absolute Gasteiger partial charge is 0.384 e. The van der Waals surface area contributed by atoms with Crippen LogP contribution in [0.5, 0.6) is 0 Å². The second-order valence-electron chi connectivity index (χ2n) is 5.65. The van der Waals surface area contributed by atoms with E-state index in [-0.39, 0.29) is 0 Å². The topological polar surface area (TPSA) is 20.2 Å². The van der Waals surface area contributed by atoms with Crippen molar-refractivity contribution in [1.29, 1.82) is 0 Å². The highest BCUT2D eigenvalue weighted by molar-refractivity contribution is 9.10. The summed E-state index contributed by atoms with van der Waals surface area (Å²) in [6.07, 6.45) is 5.23. The molecule has 1 aromatic heterocycles. The van der Waals surface area contributed by atoms with Gasteiger partial charge in [0.15, 0.2) is 0 Å². The molecule has 3 heteroatoms. The van der Waals surface area contributed by atoms with E-state index in [0.717, 1.165) is 35.0 Å². The lowest BCUT2D eigenvalue weighted by Gasteiger charge is -2.27. The Bertz CT molecular complexity index is 372. The summed E-state index contributed by atoms with van der Waals surface area (Å²) in [6.45, 7) is 4.62. The Morgan fingerprint density at radius 2 is 2.00 bits per heavy atom. The minimum Gasteiger partial charge on any atom is -0.384 e. The Hall–Kier alpha value is 0.140. The average molecular weight is 303 g/mol. The molecular weight excluding hydrogens is 284 g/mol. The van der Waals surface area contributed by atoms with Crippen molar-refractivity contribution in [1.82, 2.24) is 0 Å². The molecule has 0 spiro atoms. The summed E-state index contributed by atoms with van der Waals surface area (Å²) in [5, 5.41) is 12.9. The van der Waals surface area contributed by atoms with Crippen LogP contribution in [0.25, 0.3) is 0 Å². The van der Waals surface area contributed by atoms with Crippen molar-refractivity contribution in [3.05, 3.63) is 20.8 Å². The standard InChI is InChI=1S/C13H19BrOS/c1-12(2)5-3-6-13(15,8-7-12)11-10(14)4-9-16-11/h4,9,15H,3,5-8H2,1-2H3. The minimum absolute atomic E-state index is 0.383. The fraction of sp³-hybridized carbons (Fsp3) is 0.692. The van der Waals surface area contributed by atoms with Crippen molar-refractivity contribution in [2.24, 2.45) is 5.41 Å². The fourth-order valence-corrected chi connectivity index (χ4v) is 4.41. The number of hydrogen-bond acceptors (Lipinski definition) is 2. The van der Waals surface area contributed by atoms with Crippen LogP contribution in [0.1, 0.15) is 50.8 Å². The molecule has 1 nitrogen and oxygen atoms in total. The normalized spacial score (nSPS) is 30.0. The van der Waals surface area contributed by atoms with Crippen molar-refractivity contribution in [3.63, 3.8) is 0 Å². The minimum atomic E-state index is -0.596. The van der Waals surface area contributed by atoms with Gasteiger partial charge in [-0.25, -0.2) is 0 Å². The number of rotatable bonds is 1. The molecule has 0 bridgehead atoms. The Labute approximate surface area is 110 Å². The van der Waals surface area contributed by atoms with Gasteiger partial charge >= 0.3 is 0 Å². The van der Waals surface area contributed by atoms with Gasteiger partial charge in [-0.2, -0.15) is 0 Å². The van der Waals surface area contributed by atoms with Crippen LogP contribution < -0.4 is 0 Å². The molecule has 0 saturated heterocycles. The van der Waals surface area contributed by atoms with Crippen LogP contribution in [0, 0.1) is 5.41 Å². The van der Waals surface area contributed by atoms with Gasteiger partial charge in [0.2, 0.25) is 0 Å². The van der Waals surface area contributed by atoms with Crippen LogP contribution in [0.2, 0.25) is 0 Å². The quantitative estimate of drug-likeness (QED) is 0.746. The van der Waals surface area contributed by atoms with Crippen molar-refractivity contribution in [2.75, 3.05) is 0 Å². The molecule has 1 aliphatic carbocycles. The number of thiophene rings is 1. The molecule has 90 valence electrons. The highest BCUT2D eigenvalue weighted by Crippen LogP contribution is 2.46. The van der Waals surface area contributed by atoms with E-state index in [9.17, 15) is 5.11 Å². The maximum absolute atomic E-state index is 10.8. The summed E-state index contributed by atoms with van der Waals surface area (Å²) < 4.78 is 1.07. The monoisotopic (exact) mass is 302 g/mol. The second kappa shape index (κ2) is 4.43. The summed E-state index contributed by atoms with van der Waals surface area (Å²) in [5.74, 6) is 0. The predicted molar refractivity (Wildman–Crippen MR) is 72.8 cm³/mol. The summed E-state index contributed by atoms with van der Waals surface area (Å²) in [5.41, 5.74) is -0.213. The zero-order valence-electron chi connectivity index (χ0n) is 9.92. The van der Waals surface area contributed by atoms with Gasteiger partial charge in [0, 0.05) is 4.47 Å². The smallest absolute Gasteiger partial charge is 0.0999 e. The fourth-order valence-electron chi connectivity index (χ4n) is 2.51. The van der Waals surface area contributed by atoms with E-state index < -0.39 is 5.60 Å². The second-order valence-corrected chi connectivity index (χ2v) is 7.42. The zero-order chi connectivity index (χ0) is 11.8. The summed E-state index contributed by atoms with van der Waals surface area (Å²) in [7, 11) is 0. The van der Waals surface area contributed by atoms with Gasteiger partial charge in [0.1, 0.15) is 0 Å². The van der Waals surface area contributed by atoms with Crippen molar-refractivity contribution >= 4 is 27.3 Å². The van der Waals surface area contributed by atoms with Crippen LogP contribution in [0.3, 0.4) is 0 Å². The molecule has 1 unspecified atom stereocenters. The molecule has 0 amide bonds. The lowest BCUT2D eigenvalue weighted by atomic mass is 9.84. The molecule has 0 radical (unpaired) electrons. The first kappa shape index (κ1) is 12.6. The third-order valence-electron chi connectivity index (χ3n) is 3.70. The van der Waals surface area contributed by atoms with Crippen molar-refractivity contribution in [2.45, 2.75) is 51.6 Å². The predicted octanol–water partition coefficient (Wildman–Crippen LogP) is 4.69. The van der Waals surface area contributed by atoms with E-state index in [0.29, 0.717) is 5.41 Å². The summed E-state index contributed by atoms with van der Waals surface area (Å²) in [6, 6.07) is 2.04. The Kier molecular flexibility index (Phi) is 3.49. The lowest BCUT2D eigenvalue weighted by molar-refractivity contribution is 0.0210. The zero-order valence-corrected chi connectivity index (χ0v) is 12.3. The highest BCUT2D eigenvalue weighted by atomic mass is 79.9. The molecule has 1 saturated carbocycles. The molecule has 1 aromatic rings. The maximum atomic E-state index is 10.8. The van der Waals surface area contributed by atoms with Crippen LogP contribution in [-0.2, 0) is 5.60 Å². The first-order valence-electron chi connectivity index (χ1n) is 5.89. The molecule has 16 heavy (non-hydrogen) atoms. The molecule has 1 atom stereocenters. The third kappa shape index (κ3) is 2.52. The van der Waals surface area contributed by atoms with E-state index in [1.807, 2.05) is 11.4 Å². The van der Waals surface area contributed by atoms with Crippen molar-refractivity contribution < 1.29 is 5.11 Å². The molecule has 0 aliphatic heterocycles. The van der Waals surface area contributed by atoms with E-state index >= 15 is 0 Å². The first-order valence-corrected chi connectivity index (χ1v) is 7.56. The van der Waals surface area contributed by atoms with Gasteiger partial charge < -0.3 is 5.11 Å². The van der Waals surface area contributed by atoms with Crippen LogP contribution in [0.15, 0.2) is 15.9 Å². The van der Waals surface area contributed by atoms with Crippen LogP contribution in [-0.4, -0.2) is 5.11 Å². The van der Waals surface area contributed by atoms with E-state index in [4.69, 9.17) is 0 Å². The summed E-state index contributed by atoms with van der Waals surface area (Å²) in [4.78, 5) is 1.12. The first-order chi connectivity index (χ1) is 7.43.